The fourth-order valence-electron chi connectivity index (χ4n) is 2.42. The highest BCUT2D eigenvalue weighted by Gasteiger charge is 2.45. The first-order valence-electron chi connectivity index (χ1n) is 8.08. The van der Waals surface area contributed by atoms with Crippen molar-refractivity contribution in [2.24, 2.45) is 4.53 Å². The second-order valence-corrected chi connectivity index (χ2v) is 8.62. The van der Waals surface area contributed by atoms with Gasteiger partial charge in [0.15, 0.2) is 0 Å². The molecule has 1 fully saturated rings. The number of aliphatic hydroxyl groups is 4. The van der Waals surface area contributed by atoms with Crippen LogP contribution in [-0.2, 0) is 30.1 Å². The zero-order valence-corrected chi connectivity index (χ0v) is 15.6. The van der Waals surface area contributed by atoms with Gasteiger partial charge in [0.05, 0.1) is 6.61 Å². The van der Waals surface area contributed by atoms with Gasteiger partial charge < -0.3 is 25.2 Å². The quantitative estimate of drug-likeness (QED) is 0.179. The van der Waals surface area contributed by atoms with Crippen molar-refractivity contribution in [1.82, 2.24) is 0 Å². The number of aliphatic hydroxyl groups excluding tert-OH is 4. The summed E-state index contributed by atoms with van der Waals surface area (Å²) in [6, 6.07) is 0. The predicted octanol–water partition coefficient (Wildman–Crippen LogP) is -0.707. The average molecular weight is 405 g/mol. The summed E-state index contributed by atoms with van der Waals surface area (Å²) in [4.78, 5) is 0. The summed E-state index contributed by atoms with van der Waals surface area (Å²) in [5.41, 5.74) is -1.18. The van der Waals surface area contributed by atoms with E-state index in [4.69, 9.17) is 9.29 Å². The highest BCUT2D eigenvalue weighted by Crippen LogP contribution is 2.25. The molecule has 12 heteroatoms. The van der Waals surface area contributed by atoms with Gasteiger partial charge in [-0.2, -0.15) is 8.42 Å². The van der Waals surface area contributed by atoms with Crippen LogP contribution in [0.1, 0.15) is 39.0 Å². The SMILES string of the molecule is CCCCCCCS(=NOS(=O)(=O)O)[C@@H]1O[C@H](CO)[C@@H](O)[C@H](O)[C@H]1O. The Labute approximate surface area is 149 Å². The molecule has 1 saturated heterocycles. The lowest BCUT2D eigenvalue weighted by Crippen LogP contribution is -2.59. The molecule has 0 radical (unpaired) electrons. The van der Waals surface area contributed by atoms with Gasteiger partial charge in [-0.05, 0) is 17.1 Å². The zero-order valence-electron chi connectivity index (χ0n) is 14.0. The molecule has 1 unspecified atom stereocenters. The Morgan fingerprint density at radius 2 is 1.72 bits per heavy atom. The van der Waals surface area contributed by atoms with Gasteiger partial charge in [-0.15, -0.1) is 0 Å². The molecule has 1 heterocycles. The summed E-state index contributed by atoms with van der Waals surface area (Å²) in [5.74, 6) is 0.294. The fourth-order valence-corrected chi connectivity index (χ4v) is 4.68. The molecule has 6 atom stereocenters. The molecule has 1 rings (SSSR count). The average Bonchev–Trinajstić information content (AvgIpc) is 2.55. The van der Waals surface area contributed by atoms with Crippen molar-refractivity contribution < 1.29 is 42.4 Å². The maximum absolute atomic E-state index is 10.8. The molecule has 25 heavy (non-hydrogen) atoms. The highest BCUT2D eigenvalue weighted by molar-refractivity contribution is 7.88. The molecule has 0 bridgehead atoms. The lowest BCUT2D eigenvalue weighted by Gasteiger charge is -2.40. The first kappa shape index (κ1) is 22.9. The van der Waals surface area contributed by atoms with Crippen molar-refractivity contribution in [3.63, 3.8) is 0 Å². The number of ether oxygens (including phenoxy) is 1. The Kier molecular flexibility index (Phi) is 9.92. The van der Waals surface area contributed by atoms with E-state index in [2.05, 4.69) is 15.7 Å². The summed E-state index contributed by atoms with van der Waals surface area (Å²) in [6.45, 7) is 1.46. The normalized spacial score (nSPS) is 32.0. The lowest BCUT2D eigenvalue weighted by molar-refractivity contribution is -0.206. The minimum Gasteiger partial charge on any atom is -0.394 e. The van der Waals surface area contributed by atoms with E-state index in [1.807, 2.05) is 0 Å². The topological polar surface area (TPSA) is 166 Å². The van der Waals surface area contributed by atoms with Crippen LogP contribution in [0.5, 0.6) is 0 Å². The number of hydrogen-bond donors (Lipinski definition) is 5. The van der Waals surface area contributed by atoms with Gasteiger partial charge in [-0.25, -0.2) is 0 Å². The number of nitrogens with zero attached hydrogens (tertiary/aromatic N) is 1. The van der Waals surface area contributed by atoms with Gasteiger partial charge in [0.2, 0.25) is 0 Å². The summed E-state index contributed by atoms with van der Waals surface area (Å²) in [5, 5.41) is 39.0. The van der Waals surface area contributed by atoms with Gasteiger partial charge in [0.1, 0.15) is 29.9 Å². The number of hydrogen-bond acceptors (Lipinski definition) is 9. The van der Waals surface area contributed by atoms with E-state index in [1.54, 1.807) is 0 Å². The van der Waals surface area contributed by atoms with E-state index >= 15 is 0 Å². The largest absolute Gasteiger partial charge is 0.420 e. The van der Waals surface area contributed by atoms with Crippen molar-refractivity contribution in [1.29, 1.82) is 0 Å². The monoisotopic (exact) mass is 405 g/mol. The molecule has 0 amide bonds. The zero-order chi connectivity index (χ0) is 19.0. The Hall–Kier alpha value is -0.180. The van der Waals surface area contributed by atoms with Gasteiger partial charge in [0, 0.05) is 5.75 Å². The third-order valence-electron chi connectivity index (χ3n) is 3.79. The molecule has 0 spiro atoms. The maximum atomic E-state index is 10.8. The van der Waals surface area contributed by atoms with Crippen molar-refractivity contribution in [2.75, 3.05) is 12.4 Å². The van der Waals surface area contributed by atoms with Crippen LogP contribution in [0.25, 0.3) is 0 Å². The van der Waals surface area contributed by atoms with Crippen molar-refractivity contribution in [3.8, 4) is 0 Å². The summed E-state index contributed by atoms with van der Waals surface area (Å²) < 4.78 is 43.1. The molecular weight excluding hydrogens is 378 g/mol. The number of rotatable bonds is 10. The second kappa shape index (κ2) is 10.8. The third-order valence-corrected chi connectivity index (χ3v) is 6.05. The smallest absolute Gasteiger partial charge is 0.394 e. The standard InChI is InChI=1S/C13H27NO9S2/c1-2-3-4-5-6-7-24(14-23-25(19,20)21)13-12(18)11(17)10(16)9(8-15)22-13/h9-13,15-18H,2-8H2,1H3,(H,19,20,21)/t9-,10-,11+,12-,13+,24?/m1/s1. The molecular formula is C13H27NO9S2. The van der Waals surface area contributed by atoms with Crippen molar-refractivity contribution >= 4 is 21.1 Å². The molecule has 150 valence electrons. The van der Waals surface area contributed by atoms with E-state index in [-0.39, 0.29) is 0 Å². The van der Waals surface area contributed by atoms with Crippen molar-refractivity contribution in [3.05, 3.63) is 0 Å². The van der Waals surface area contributed by atoms with E-state index < -0.39 is 57.5 Å². The molecule has 0 aromatic carbocycles. The van der Waals surface area contributed by atoms with Gasteiger partial charge in [-0.3, -0.25) is 4.55 Å². The van der Waals surface area contributed by atoms with E-state index in [0.29, 0.717) is 12.2 Å². The van der Waals surface area contributed by atoms with Crippen LogP contribution >= 0.6 is 0 Å². The second-order valence-electron chi connectivity index (χ2n) is 5.79. The first-order valence-corrected chi connectivity index (χ1v) is 10.9. The molecule has 10 nitrogen and oxygen atoms in total. The van der Waals surface area contributed by atoms with E-state index in [0.717, 1.165) is 25.7 Å². The van der Waals surface area contributed by atoms with E-state index in [1.165, 1.54) is 0 Å². The molecule has 5 N–H and O–H groups in total. The summed E-state index contributed by atoms with van der Waals surface area (Å²) in [7, 11) is -6.16. The molecule has 1 aliphatic heterocycles. The van der Waals surface area contributed by atoms with E-state index in [9.17, 15) is 28.8 Å². The van der Waals surface area contributed by atoms with Crippen LogP contribution < -0.4 is 0 Å². The van der Waals surface area contributed by atoms with Crippen LogP contribution in [0.2, 0.25) is 0 Å². The van der Waals surface area contributed by atoms with Crippen LogP contribution in [0.15, 0.2) is 4.53 Å². The van der Waals surface area contributed by atoms with Gasteiger partial charge in [-0.1, -0.05) is 41.4 Å². The molecule has 1 aliphatic rings. The highest BCUT2D eigenvalue weighted by atomic mass is 32.3. The van der Waals surface area contributed by atoms with Gasteiger partial charge in [0.25, 0.3) is 0 Å². The van der Waals surface area contributed by atoms with Crippen molar-refractivity contribution in [2.45, 2.75) is 68.9 Å². The Bertz CT molecular complexity index is 526. The lowest BCUT2D eigenvalue weighted by atomic mass is 10.0. The third kappa shape index (κ3) is 7.53. The fraction of sp³-hybridized carbons (Fsp3) is 1.00. The van der Waals surface area contributed by atoms with Crippen LogP contribution in [-0.4, -0.2) is 75.6 Å². The van der Waals surface area contributed by atoms with Gasteiger partial charge >= 0.3 is 10.4 Å². The predicted molar refractivity (Wildman–Crippen MR) is 89.8 cm³/mol. The maximum Gasteiger partial charge on any atom is 0.420 e. The first-order chi connectivity index (χ1) is 11.7. The van der Waals surface area contributed by atoms with Crippen LogP contribution in [0.4, 0.5) is 0 Å². The molecule has 0 aliphatic carbocycles. The summed E-state index contributed by atoms with van der Waals surface area (Å²) >= 11 is 0. The minimum absolute atomic E-state index is 0.294. The van der Waals surface area contributed by atoms with Crippen LogP contribution in [0, 0.1) is 0 Å². The summed E-state index contributed by atoms with van der Waals surface area (Å²) in [6.07, 6.45) is -1.24. The molecule has 0 saturated carbocycles. The minimum atomic E-state index is -4.82. The molecule has 0 aromatic heterocycles. The number of unbranched alkanes of at least 4 members (excludes halogenated alkanes) is 4. The molecule has 0 aromatic rings. The van der Waals surface area contributed by atoms with Crippen LogP contribution in [0.3, 0.4) is 0 Å². The Morgan fingerprint density at radius 3 is 2.28 bits per heavy atom. The Morgan fingerprint density at radius 1 is 1.08 bits per heavy atom. The Balaban J connectivity index is 2.88.